The number of anilines is 1. The Balaban J connectivity index is 2.40. The Labute approximate surface area is 110 Å². The second kappa shape index (κ2) is 5.40. The van der Waals surface area contributed by atoms with Crippen LogP contribution in [0.5, 0.6) is 0 Å². The molecule has 0 aliphatic heterocycles. The van der Waals surface area contributed by atoms with E-state index < -0.39 is 40.8 Å². The van der Waals surface area contributed by atoms with Gasteiger partial charge in [0.05, 0.1) is 17.9 Å². The lowest BCUT2D eigenvalue weighted by molar-refractivity contribution is 0.381. The average Bonchev–Trinajstić information content (AvgIpc) is 2.48. The summed E-state index contributed by atoms with van der Waals surface area (Å²) in [7, 11) is 0. The first-order chi connectivity index (χ1) is 9.43. The molecule has 8 heteroatoms. The maximum Gasteiger partial charge on any atom is 0.200 e. The van der Waals surface area contributed by atoms with E-state index in [1.807, 2.05) is 0 Å². The predicted molar refractivity (Wildman–Crippen MR) is 60.3 cm³/mol. The smallest absolute Gasteiger partial charge is 0.200 e. The number of nitrogens with zero attached hydrogens (tertiary/aromatic N) is 2. The Hall–Kier alpha value is -2.25. The normalized spacial score (nSPS) is 12.3. The molecule has 2 aromatic rings. The maximum absolute atomic E-state index is 13.5. The van der Waals surface area contributed by atoms with Crippen molar-refractivity contribution in [1.29, 1.82) is 0 Å². The van der Waals surface area contributed by atoms with Gasteiger partial charge in [0.15, 0.2) is 23.3 Å². The van der Waals surface area contributed by atoms with E-state index in [2.05, 4.69) is 15.3 Å². The summed E-state index contributed by atoms with van der Waals surface area (Å²) in [5.74, 6) is -10.0. The van der Waals surface area contributed by atoms with Crippen LogP contribution in [0.25, 0.3) is 0 Å². The second-order valence-corrected chi connectivity index (χ2v) is 3.94. The number of hydrogen-bond acceptors (Lipinski definition) is 3. The van der Waals surface area contributed by atoms with Crippen molar-refractivity contribution in [3.8, 4) is 0 Å². The molecule has 3 nitrogen and oxygen atoms in total. The molecule has 0 spiro atoms. The highest BCUT2D eigenvalue weighted by Crippen LogP contribution is 2.29. The molecule has 0 bridgehead atoms. The van der Waals surface area contributed by atoms with Crippen LogP contribution in [0.3, 0.4) is 0 Å². The van der Waals surface area contributed by atoms with Crippen molar-refractivity contribution in [2.75, 3.05) is 5.32 Å². The van der Waals surface area contributed by atoms with Crippen molar-refractivity contribution < 1.29 is 22.0 Å². The highest BCUT2D eigenvalue weighted by atomic mass is 19.2. The van der Waals surface area contributed by atoms with Crippen LogP contribution in [0.1, 0.15) is 18.7 Å². The SMILES string of the molecule is CC(Nc1c(F)c(F)c(F)c(F)c1F)c1cnccn1. The topological polar surface area (TPSA) is 37.8 Å². The van der Waals surface area contributed by atoms with Gasteiger partial charge in [0.1, 0.15) is 5.69 Å². The molecular formula is C12H8F5N3. The Kier molecular flexibility index (Phi) is 3.82. The summed E-state index contributed by atoms with van der Waals surface area (Å²) >= 11 is 0. The van der Waals surface area contributed by atoms with E-state index in [-0.39, 0.29) is 5.69 Å². The van der Waals surface area contributed by atoms with Crippen molar-refractivity contribution in [3.05, 3.63) is 53.4 Å². The van der Waals surface area contributed by atoms with E-state index in [4.69, 9.17) is 0 Å². The highest BCUT2D eigenvalue weighted by Gasteiger charge is 2.26. The molecule has 0 amide bonds. The molecule has 1 aromatic carbocycles. The predicted octanol–water partition coefficient (Wildman–Crippen LogP) is 3.35. The summed E-state index contributed by atoms with van der Waals surface area (Å²) in [6.45, 7) is 1.45. The van der Waals surface area contributed by atoms with Gasteiger partial charge < -0.3 is 5.32 Å². The van der Waals surface area contributed by atoms with Gasteiger partial charge in [0, 0.05) is 12.4 Å². The molecule has 0 fully saturated rings. The fourth-order valence-corrected chi connectivity index (χ4v) is 1.56. The van der Waals surface area contributed by atoms with Crippen LogP contribution in [0.4, 0.5) is 27.6 Å². The van der Waals surface area contributed by atoms with Crippen molar-refractivity contribution in [3.63, 3.8) is 0 Å². The summed E-state index contributed by atoms with van der Waals surface area (Å²) in [4.78, 5) is 7.61. The van der Waals surface area contributed by atoms with Gasteiger partial charge in [-0.3, -0.25) is 9.97 Å². The molecule has 0 aliphatic carbocycles. The first-order valence-electron chi connectivity index (χ1n) is 5.47. The third kappa shape index (κ3) is 2.40. The Morgan fingerprint density at radius 1 is 0.900 bits per heavy atom. The van der Waals surface area contributed by atoms with Gasteiger partial charge in [-0.15, -0.1) is 0 Å². The van der Waals surface area contributed by atoms with Crippen LogP contribution in [0, 0.1) is 29.1 Å². The summed E-state index contributed by atoms with van der Waals surface area (Å²) in [5, 5.41) is 2.20. The molecular weight excluding hydrogens is 281 g/mol. The van der Waals surface area contributed by atoms with Crippen molar-refractivity contribution >= 4 is 5.69 Å². The number of nitrogens with one attached hydrogen (secondary N) is 1. The van der Waals surface area contributed by atoms with Crippen molar-refractivity contribution in [1.82, 2.24) is 9.97 Å². The number of hydrogen-bond donors (Lipinski definition) is 1. The van der Waals surface area contributed by atoms with Crippen molar-refractivity contribution in [2.45, 2.75) is 13.0 Å². The van der Waals surface area contributed by atoms with Crippen molar-refractivity contribution in [2.24, 2.45) is 0 Å². The first kappa shape index (κ1) is 14.2. The van der Waals surface area contributed by atoms with E-state index in [1.54, 1.807) is 0 Å². The number of aromatic nitrogens is 2. The molecule has 0 saturated carbocycles. The quantitative estimate of drug-likeness (QED) is 0.535. The molecule has 1 N–H and O–H groups in total. The van der Waals surface area contributed by atoms with E-state index >= 15 is 0 Å². The van der Waals surface area contributed by atoms with Crippen LogP contribution >= 0.6 is 0 Å². The minimum absolute atomic E-state index is 0.288. The number of halogens is 5. The zero-order valence-corrected chi connectivity index (χ0v) is 10.1. The summed E-state index contributed by atoms with van der Waals surface area (Å²) in [6.07, 6.45) is 4.03. The van der Waals surface area contributed by atoms with E-state index in [0.717, 1.165) is 0 Å². The van der Waals surface area contributed by atoms with Crippen LogP contribution in [-0.4, -0.2) is 9.97 Å². The average molecular weight is 289 g/mol. The standard InChI is InChI=1S/C12H8F5N3/c1-5(6-4-18-2-3-19-6)20-12-10(16)8(14)7(13)9(15)11(12)17/h2-5,20H,1H3. The molecule has 2 rings (SSSR count). The molecule has 1 unspecified atom stereocenters. The van der Waals surface area contributed by atoms with E-state index in [9.17, 15) is 22.0 Å². The minimum atomic E-state index is -2.20. The zero-order chi connectivity index (χ0) is 14.9. The van der Waals surface area contributed by atoms with Gasteiger partial charge in [-0.25, -0.2) is 22.0 Å². The second-order valence-electron chi connectivity index (χ2n) is 3.94. The Morgan fingerprint density at radius 3 is 1.95 bits per heavy atom. The van der Waals surface area contributed by atoms with E-state index in [1.165, 1.54) is 25.5 Å². The Morgan fingerprint density at radius 2 is 1.45 bits per heavy atom. The van der Waals surface area contributed by atoms with Gasteiger partial charge in [0.25, 0.3) is 0 Å². The van der Waals surface area contributed by atoms with Crippen LogP contribution < -0.4 is 5.32 Å². The monoisotopic (exact) mass is 289 g/mol. The van der Waals surface area contributed by atoms with Gasteiger partial charge in [-0.05, 0) is 6.92 Å². The largest absolute Gasteiger partial charge is 0.372 e. The summed E-state index contributed by atoms with van der Waals surface area (Å²) in [5.41, 5.74) is -0.809. The fourth-order valence-electron chi connectivity index (χ4n) is 1.56. The molecule has 0 aliphatic rings. The molecule has 1 atom stereocenters. The lowest BCUT2D eigenvalue weighted by atomic mass is 10.2. The highest BCUT2D eigenvalue weighted by molar-refractivity contribution is 5.49. The summed E-state index contributed by atoms with van der Waals surface area (Å²) in [6, 6.07) is -0.794. The molecule has 106 valence electrons. The Bertz CT molecular complexity index is 604. The third-order valence-electron chi connectivity index (χ3n) is 2.60. The molecule has 20 heavy (non-hydrogen) atoms. The lowest BCUT2D eigenvalue weighted by Gasteiger charge is -2.16. The molecule has 1 heterocycles. The van der Waals surface area contributed by atoms with Gasteiger partial charge in [0.2, 0.25) is 5.82 Å². The van der Waals surface area contributed by atoms with E-state index in [0.29, 0.717) is 0 Å². The lowest BCUT2D eigenvalue weighted by Crippen LogP contribution is -2.14. The third-order valence-corrected chi connectivity index (χ3v) is 2.60. The van der Waals surface area contributed by atoms with Gasteiger partial charge >= 0.3 is 0 Å². The van der Waals surface area contributed by atoms with Gasteiger partial charge in [-0.2, -0.15) is 0 Å². The number of rotatable bonds is 3. The van der Waals surface area contributed by atoms with Crippen LogP contribution in [-0.2, 0) is 0 Å². The molecule has 0 saturated heterocycles. The minimum Gasteiger partial charge on any atom is -0.372 e. The van der Waals surface area contributed by atoms with Crippen LogP contribution in [0.2, 0.25) is 0 Å². The first-order valence-corrected chi connectivity index (χ1v) is 5.47. The zero-order valence-electron chi connectivity index (χ0n) is 10.1. The molecule has 1 aromatic heterocycles. The number of benzene rings is 1. The maximum atomic E-state index is 13.5. The summed E-state index contributed by atoms with van der Waals surface area (Å²) < 4.78 is 65.9. The van der Waals surface area contributed by atoms with Crippen LogP contribution in [0.15, 0.2) is 18.6 Å². The molecule has 0 radical (unpaired) electrons. The fraction of sp³-hybridized carbons (Fsp3) is 0.167. The van der Waals surface area contributed by atoms with Gasteiger partial charge in [-0.1, -0.05) is 0 Å².